The van der Waals surface area contributed by atoms with E-state index in [2.05, 4.69) is 0 Å². The van der Waals surface area contributed by atoms with E-state index < -0.39 is 11.8 Å². The first-order valence-electron chi connectivity index (χ1n) is 4.19. The molecule has 4 heteroatoms. The van der Waals surface area contributed by atoms with Gasteiger partial charge in [-0.1, -0.05) is 11.6 Å². The highest BCUT2D eigenvalue weighted by Gasteiger charge is 2.16. The third kappa shape index (κ3) is 2.17. The van der Waals surface area contributed by atoms with E-state index >= 15 is 0 Å². The summed E-state index contributed by atoms with van der Waals surface area (Å²) in [5, 5.41) is 0.564. The molecule has 1 amide bonds. The van der Waals surface area contributed by atoms with Crippen molar-refractivity contribution in [2.24, 2.45) is 5.73 Å². The van der Waals surface area contributed by atoms with Gasteiger partial charge in [0.15, 0.2) is 0 Å². The molecule has 3 nitrogen and oxygen atoms in total. The Morgan fingerprint density at radius 1 is 1.57 bits per heavy atom. The smallest absolute Gasteiger partial charge is 0.224 e. The topological polar surface area (TPSA) is 52.3 Å². The zero-order valence-electron chi connectivity index (χ0n) is 8.08. The van der Waals surface area contributed by atoms with Crippen LogP contribution in [0.1, 0.15) is 18.4 Å². The summed E-state index contributed by atoms with van der Waals surface area (Å²) in [6.45, 7) is 1.72. The molecule has 0 fully saturated rings. The summed E-state index contributed by atoms with van der Waals surface area (Å²) in [5.41, 5.74) is 5.92. The Kier molecular flexibility index (Phi) is 3.36. The van der Waals surface area contributed by atoms with E-state index in [9.17, 15) is 4.79 Å². The van der Waals surface area contributed by atoms with E-state index in [1.807, 2.05) is 0 Å². The van der Waals surface area contributed by atoms with Crippen molar-refractivity contribution in [3.05, 3.63) is 28.8 Å². The number of nitrogens with two attached hydrogens (primary N) is 1. The van der Waals surface area contributed by atoms with Crippen LogP contribution in [0, 0.1) is 0 Å². The maximum atomic E-state index is 11.0. The van der Waals surface area contributed by atoms with Gasteiger partial charge < -0.3 is 10.5 Å². The van der Waals surface area contributed by atoms with Crippen molar-refractivity contribution in [2.75, 3.05) is 7.11 Å². The summed E-state index contributed by atoms with van der Waals surface area (Å²) in [5.74, 6) is -0.171. The third-order valence-corrected chi connectivity index (χ3v) is 2.32. The molecule has 2 N–H and O–H groups in total. The number of ether oxygens (including phenoxy) is 1. The molecule has 0 aliphatic carbocycles. The van der Waals surface area contributed by atoms with Gasteiger partial charge in [0.25, 0.3) is 0 Å². The van der Waals surface area contributed by atoms with Crippen molar-refractivity contribution < 1.29 is 9.53 Å². The summed E-state index contributed by atoms with van der Waals surface area (Å²) in [7, 11) is 1.54. The van der Waals surface area contributed by atoms with Gasteiger partial charge in [0.05, 0.1) is 13.0 Å². The highest BCUT2D eigenvalue weighted by molar-refractivity contribution is 6.30. The van der Waals surface area contributed by atoms with Crippen LogP contribution in [0.3, 0.4) is 0 Å². The number of carbonyl (C=O) groups excluding carboxylic acids is 1. The lowest BCUT2D eigenvalue weighted by atomic mass is 10.00. The van der Waals surface area contributed by atoms with Crippen LogP contribution in [0.5, 0.6) is 5.75 Å². The number of amides is 1. The first-order valence-corrected chi connectivity index (χ1v) is 4.56. The van der Waals surface area contributed by atoms with Crippen LogP contribution in [-0.4, -0.2) is 13.0 Å². The van der Waals surface area contributed by atoms with Gasteiger partial charge in [0, 0.05) is 10.6 Å². The number of benzene rings is 1. The van der Waals surface area contributed by atoms with Crippen molar-refractivity contribution in [3.63, 3.8) is 0 Å². The molecule has 0 aliphatic heterocycles. The van der Waals surface area contributed by atoms with Crippen LogP contribution in [0.4, 0.5) is 0 Å². The number of halogens is 1. The van der Waals surface area contributed by atoms with Gasteiger partial charge in [0.2, 0.25) is 5.91 Å². The monoisotopic (exact) mass is 213 g/mol. The highest BCUT2D eigenvalue weighted by atomic mass is 35.5. The lowest BCUT2D eigenvalue weighted by Gasteiger charge is -2.12. The minimum Gasteiger partial charge on any atom is -0.496 e. The van der Waals surface area contributed by atoms with Crippen LogP contribution >= 0.6 is 11.6 Å². The summed E-state index contributed by atoms with van der Waals surface area (Å²) in [4.78, 5) is 11.0. The minimum absolute atomic E-state index is 0.398. The summed E-state index contributed by atoms with van der Waals surface area (Å²) >= 11 is 5.81. The van der Waals surface area contributed by atoms with Gasteiger partial charge in [-0.25, -0.2) is 0 Å². The first kappa shape index (κ1) is 10.9. The second-order valence-corrected chi connectivity index (χ2v) is 3.45. The van der Waals surface area contributed by atoms with Gasteiger partial charge in [-0.05, 0) is 25.1 Å². The Morgan fingerprint density at radius 3 is 2.71 bits per heavy atom. The van der Waals surface area contributed by atoms with Crippen LogP contribution in [0.15, 0.2) is 18.2 Å². The van der Waals surface area contributed by atoms with E-state index in [1.54, 1.807) is 32.2 Å². The maximum absolute atomic E-state index is 11.0. The number of carbonyl (C=O) groups is 1. The molecule has 1 aromatic carbocycles. The van der Waals surface area contributed by atoms with Gasteiger partial charge >= 0.3 is 0 Å². The van der Waals surface area contributed by atoms with Gasteiger partial charge in [-0.15, -0.1) is 0 Å². The van der Waals surface area contributed by atoms with Crippen molar-refractivity contribution >= 4 is 17.5 Å². The predicted octanol–water partition coefficient (Wildman–Crippen LogP) is 1.94. The van der Waals surface area contributed by atoms with Crippen LogP contribution in [0.25, 0.3) is 0 Å². The quantitative estimate of drug-likeness (QED) is 0.834. The van der Waals surface area contributed by atoms with E-state index in [4.69, 9.17) is 22.1 Å². The molecule has 0 saturated heterocycles. The minimum atomic E-state index is -0.399. The number of primary amides is 1. The molecule has 0 saturated carbocycles. The molecular weight excluding hydrogens is 202 g/mol. The average Bonchev–Trinajstić information content (AvgIpc) is 2.16. The molecule has 0 aromatic heterocycles. The summed E-state index contributed by atoms with van der Waals surface area (Å²) < 4.78 is 5.11. The van der Waals surface area contributed by atoms with Crippen molar-refractivity contribution in [1.82, 2.24) is 0 Å². The molecule has 0 spiro atoms. The number of hydrogen-bond acceptors (Lipinski definition) is 2. The molecule has 1 unspecified atom stereocenters. The standard InChI is InChI=1S/C10H12ClNO2/c1-6(10(12)13)8-5-7(11)3-4-9(8)14-2/h3-6H,1-2H3,(H2,12,13). The summed E-state index contributed by atoms with van der Waals surface area (Å²) in [6, 6.07) is 5.12. The zero-order chi connectivity index (χ0) is 10.7. The zero-order valence-corrected chi connectivity index (χ0v) is 8.84. The van der Waals surface area contributed by atoms with E-state index in [1.165, 1.54) is 0 Å². The largest absolute Gasteiger partial charge is 0.496 e. The second kappa shape index (κ2) is 4.33. The van der Waals surface area contributed by atoms with Gasteiger partial charge in [0.1, 0.15) is 5.75 Å². The van der Waals surface area contributed by atoms with Gasteiger partial charge in [-0.3, -0.25) is 4.79 Å². The maximum Gasteiger partial charge on any atom is 0.224 e. The number of methoxy groups -OCH3 is 1. The van der Waals surface area contributed by atoms with E-state index in [-0.39, 0.29) is 0 Å². The number of hydrogen-bond donors (Lipinski definition) is 1. The molecule has 1 atom stereocenters. The van der Waals surface area contributed by atoms with Crippen LogP contribution in [0.2, 0.25) is 5.02 Å². The highest BCUT2D eigenvalue weighted by Crippen LogP contribution is 2.29. The van der Waals surface area contributed by atoms with Crippen molar-refractivity contribution in [1.29, 1.82) is 0 Å². The van der Waals surface area contributed by atoms with E-state index in [0.717, 1.165) is 0 Å². The van der Waals surface area contributed by atoms with Crippen LogP contribution in [-0.2, 0) is 4.79 Å². The second-order valence-electron chi connectivity index (χ2n) is 3.01. The Balaban J connectivity index is 3.16. The fraction of sp³-hybridized carbons (Fsp3) is 0.300. The Morgan fingerprint density at radius 2 is 2.21 bits per heavy atom. The summed E-state index contributed by atoms with van der Waals surface area (Å²) in [6.07, 6.45) is 0. The lowest BCUT2D eigenvalue weighted by Crippen LogP contribution is -2.19. The van der Waals surface area contributed by atoms with Crippen molar-refractivity contribution in [2.45, 2.75) is 12.8 Å². The molecule has 0 bridgehead atoms. The van der Waals surface area contributed by atoms with Crippen LogP contribution < -0.4 is 10.5 Å². The lowest BCUT2D eigenvalue weighted by molar-refractivity contribution is -0.119. The Hall–Kier alpha value is -1.22. The third-order valence-electron chi connectivity index (χ3n) is 2.09. The average molecular weight is 214 g/mol. The molecular formula is C10H12ClNO2. The molecule has 76 valence electrons. The predicted molar refractivity (Wildman–Crippen MR) is 55.6 cm³/mol. The Labute approximate surface area is 87.8 Å². The Bertz CT molecular complexity index is 352. The fourth-order valence-corrected chi connectivity index (χ4v) is 1.38. The molecule has 0 radical (unpaired) electrons. The van der Waals surface area contributed by atoms with Gasteiger partial charge in [-0.2, -0.15) is 0 Å². The number of rotatable bonds is 3. The van der Waals surface area contributed by atoms with E-state index in [0.29, 0.717) is 16.3 Å². The first-order chi connectivity index (χ1) is 6.56. The molecule has 14 heavy (non-hydrogen) atoms. The van der Waals surface area contributed by atoms with Crippen molar-refractivity contribution in [3.8, 4) is 5.75 Å². The molecule has 0 heterocycles. The molecule has 0 aliphatic rings. The molecule has 1 rings (SSSR count). The SMILES string of the molecule is COc1ccc(Cl)cc1C(C)C(N)=O. The molecule has 1 aromatic rings. The fourth-order valence-electron chi connectivity index (χ4n) is 1.20. The normalized spacial score (nSPS) is 12.2.